The van der Waals surface area contributed by atoms with Gasteiger partial charge in [0, 0.05) is 42.9 Å². The number of anilines is 1. The van der Waals surface area contributed by atoms with Crippen molar-refractivity contribution in [2.45, 2.75) is 20.3 Å². The zero-order chi connectivity index (χ0) is 24.4. The number of nitrogens with zero attached hydrogens (tertiary/aromatic N) is 3. The van der Waals surface area contributed by atoms with Crippen LogP contribution in [0.4, 0.5) is 5.69 Å². The topological polar surface area (TPSA) is 86.2 Å². The van der Waals surface area contributed by atoms with Gasteiger partial charge in [0.2, 0.25) is 0 Å². The molecule has 4 aromatic rings. The van der Waals surface area contributed by atoms with Gasteiger partial charge in [0.15, 0.2) is 5.78 Å². The van der Waals surface area contributed by atoms with Gasteiger partial charge in [0.05, 0.1) is 17.7 Å². The number of fused-ring (bicyclic) bond motifs is 1. The van der Waals surface area contributed by atoms with Crippen LogP contribution in [-0.4, -0.2) is 34.6 Å². The van der Waals surface area contributed by atoms with Crippen molar-refractivity contribution in [3.63, 3.8) is 0 Å². The van der Waals surface area contributed by atoms with Crippen LogP contribution in [0.2, 0.25) is 0 Å². The molecule has 0 N–H and O–H groups in total. The second-order valence-corrected chi connectivity index (χ2v) is 9.01. The van der Waals surface area contributed by atoms with E-state index in [1.807, 2.05) is 63.2 Å². The number of allylic oxidation sites excluding steroid dienone is 1. The van der Waals surface area contributed by atoms with Crippen molar-refractivity contribution in [1.82, 2.24) is 8.75 Å². The fourth-order valence-electron chi connectivity index (χ4n) is 3.84. The molecule has 4 rings (SSSR count). The number of aliphatic carboxylic acids is 1. The fraction of sp³-hybridized carbons (Fsp3) is 0.185. The van der Waals surface area contributed by atoms with Crippen LogP contribution in [0.15, 0.2) is 66.2 Å². The molecule has 0 fully saturated rings. The van der Waals surface area contributed by atoms with Gasteiger partial charge in [-0.1, -0.05) is 30.3 Å². The molecule has 0 aliphatic rings. The number of Topliss-reactive ketones (excluding diaryl/α,β-unsaturated/α-hetero) is 1. The molecule has 1 aromatic heterocycles. The van der Waals surface area contributed by atoms with Crippen LogP contribution in [-0.2, 0) is 11.2 Å². The van der Waals surface area contributed by atoms with E-state index in [4.69, 9.17) is 0 Å². The Morgan fingerprint density at radius 3 is 2.29 bits per heavy atom. The van der Waals surface area contributed by atoms with Gasteiger partial charge in [-0.25, -0.2) is 0 Å². The number of ketones is 1. The first-order valence-electron chi connectivity index (χ1n) is 10.8. The Balaban J connectivity index is 0.00000342. The number of carboxylic acids is 1. The van der Waals surface area contributed by atoms with Crippen molar-refractivity contribution in [2.75, 3.05) is 19.0 Å². The first-order chi connectivity index (χ1) is 16.2. The summed E-state index contributed by atoms with van der Waals surface area (Å²) in [6.45, 7) is 3.90. The maximum absolute atomic E-state index is 13.8. The number of carbonyl (C=O) groups excluding carboxylic acids is 2. The van der Waals surface area contributed by atoms with Gasteiger partial charge in [-0.2, -0.15) is 8.75 Å². The molecule has 8 heteroatoms. The number of hydrogen-bond donors (Lipinski definition) is 0. The molecule has 0 saturated heterocycles. The summed E-state index contributed by atoms with van der Waals surface area (Å²) in [6.07, 6.45) is 0.143. The fourth-order valence-corrected chi connectivity index (χ4v) is 4.36. The summed E-state index contributed by atoms with van der Waals surface area (Å²) in [5, 5.41) is 12.5. The maximum atomic E-state index is 13.8. The Bertz CT molecular complexity index is 1440. The minimum atomic E-state index is -1.40. The van der Waals surface area contributed by atoms with Crippen LogP contribution >= 0.6 is 11.7 Å². The second kappa shape index (κ2) is 11.3. The molecule has 0 spiro atoms. The molecule has 0 aliphatic carbocycles. The number of aromatic nitrogens is 2. The van der Waals surface area contributed by atoms with Gasteiger partial charge in [0.1, 0.15) is 11.0 Å². The predicted molar refractivity (Wildman–Crippen MR) is 134 cm³/mol. The first kappa shape index (κ1) is 26.8. The molecule has 0 atom stereocenters. The number of carbonyl (C=O) groups is 2. The molecule has 0 radical (unpaired) electrons. The second-order valence-electron chi connectivity index (χ2n) is 8.48. The van der Waals surface area contributed by atoms with E-state index in [0.717, 1.165) is 34.1 Å². The molecule has 172 valence electrons. The molecular weight excluding hydrogens is 469 g/mol. The molecule has 0 bridgehead atoms. The number of rotatable bonds is 7. The van der Waals surface area contributed by atoms with Gasteiger partial charge >= 0.3 is 29.6 Å². The van der Waals surface area contributed by atoms with Crippen LogP contribution in [0.5, 0.6) is 0 Å². The molecule has 0 saturated carbocycles. The molecule has 35 heavy (non-hydrogen) atoms. The Labute approximate surface area is 230 Å². The largest absolute Gasteiger partial charge is 1.00 e. The minimum Gasteiger partial charge on any atom is -0.545 e. The zero-order valence-corrected chi connectivity index (χ0v) is 23.3. The number of hydrogen-bond acceptors (Lipinski definition) is 7. The molecule has 6 nitrogen and oxygen atoms in total. The summed E-state index contributed by atoms with van der Waals surface area (Å²) < 4.78 is 8.41. The van der Waals surface area contributed by atoms with Gasteiger partial charge in [-0.3, -0.25) is 4.79 Å². The maximum Gasteiger partial charge on any atom is 1.00 e. The molecule has 3 aromatic carbocycles. The van der Waals surface area contributed by atoms with Gasteiger partial charge in [-0.15, -0.1) is 0 Å². The van der Waals surface area contributed by atoms with E-state index in [-0.39, 0.29) is 52.9 Å². The summed E-state index contributed by atoms with van der Waals surface area (Å²) in [4.78, 5) is 28.2. The Hall–Kier alpha value is -2.84. The van der Waals surface area contributed by atoms with E-state index in [1.165, 1.54) is 0 Å². The normalized spacial score (nSPS) is 11.5. The number of benzene rings is 3. The smallest absolute Gasteiger partial charge is 0.545 e. The summed E-state index contributed by atoms with van der Waals surface area (Å²) >= 11 is 1.05. The van der Waals surface area contributed by atoms with Crippen molar-refractivity contribution in [1.29, 1.82) is 0 Å². The van der Waals surface area contributed by atoms with Crippen LogP contribution in [0.3, 0.4) is 0 Å². The van der Waals surface area contributed by atoms with E-state index in [0.29, 0.717) is 22.2 Å². The molecule has 0 unspecified atom stereocenters. The summed E-state index contributed by atoms with van der Waals surface area (Å²) in [6, 6.07) is 18.1. The van der Waals surface area contributed by atoms with Crippen molar-refractivity contribution in [3.05, 3.63) is 94.1 Å². The van der Waals surface area contributed by atoms with E-state index in [1.54, 1.807) is 30.3 Å². The number of aryl methyl sites for hydroxylation is 2. The Morgan fingerprint density at radius 2 is 1.60 bits per heavy atom. The molecule has 0 aliphatic heterocycles. The Morgan fingerprint density at radius 1 is 0.886 bits per heavy atom. The van der Waals surface area contributed by atoms with E-state index < -0.39 is 5.97 Å². The monoisotopic (exact) mass is 493 g/mol. The van der Waals surface area contributed by atoms with Crippen molar-refractivity contribution in [2.24, 2.45) is 0 Å². The predicted octanol–water partition coefficient (Wildman–Crippen LogP) is 1.01. The van der Waals surface area contributed by atoms with Crippen molar-refractivity contribution in [3.8, 4) is 0 Å². The quantitative estimate of drug-likeness (QED) is 0.217. The minimum absolute atomic E-state index is 0. The summed E-state index contributed by atoms with van der Waals surface area (Å²) in [5.74, 6) is -1.74. The first-order valence-corrected chi connectivity index (χ1v) is 11.5. The van der Waals surface area contributed by atoms with E-state index in [2.05, 4.69) is 8.75 Å². The third kappa shape index (κ3) is 5.87. The summed E-state index contributed by atoms with van der Waals surface area (Å²) in [7, 11) is 3.86. The van der Waals surface area contributed by atoms with Crippen LogP contribution in [0.1, 0.15) is 32.6 Å². The van der Waals surface area contributed by atoms with Gasteiger partial charge < -0.3 is 14.8 Å². The average molecular weight is 494 g/mol. The number of carboxylic acid groups (broad SMARTS) is 1. The van der Waals surface area contributed by atoms with Gasteiger partial charge in [0.25, 0.3) is 0 Å². The van der Waals surface area contributed by atoms with Crippen molar-refractivity contribution >= 4 is 45.8 Å². The van der Waals surface area contributed by atoms with Crippen LogP contribution in [0.25, 0.3) is 16.6 Å². The SMILES string of the molecule is Cc1ccc(C(=O)/C(Cc2cccc(N(C)C)c2)=C(/C(=O)[O-])c2ccc3nsnc3c2)cc1C.[Na+]. The van der Waals surface area contributed by atoms with Crippen LogP contribution < -0.4 is 39.6 Å². The average Bonchev–Trinajstić information content (AvgIpc) is 3.28. The zero-order valence-electron chi connectivity index (χ0n) is 20.5. The van der Waals surface area contributed by atoms with E-state index >= 15 is 0 Å². The summed E-state index contributed by atoms with van der Waals surface area (Å²) in [5.41, 5.74) is 5.91. The molecular formula is C27H24N3NaO3S. The Kier molecular flexibility index (Phi) is 8.61. The van der Waals surface area contributed by atoms with E-state index in [9.17, 15) is 14.7 Å². The third-order valence-electron chi connectivity index (χ3n) is 5.90. The van der Waals surface area contributed by atoms with Crippen molar-refractivity contribution < 1.29 is 44.3 Å². The third-order valence-corrected chi connectivity index (χ3v) is 6.46. The molecule has 0 amide bonds. The standard InChI is InChI=1S/C27H25N3O3S.Na/c1-16-8-9-20(12-17(16)2)26(31)22(14-18-6-5-7-21(13-18)30(3)4)25(27(32)33)19-10-11-23-24(15-19)29-34-28-23;/h5-13,15H,14H2,1-4H3,(H,32,33);/q;+1/p-1/b25-22+;. The van der Waals surface area contributed by atoms with Crippen LogP contribution in [0, 0.1) is 13.8 Å². The molecule has 1 heterocycles. The van der Waals surface area contributed by atoms with Gasteiger partial charge in [-0.05, 0) is 66.4 Å².